The lowest BCUT2D eigenvalue weighted by molar-refractivity contribution is -0.0971. The number of hydrogen-bond acceptors (Lipinski definition) is 3. The van der Waals surface area contributed by atoms with Crippen molar-refractivity contribution in [2.75, 3.05) is 33.4 Å². The molecule has 0 radical (unpaired) electrons. The van der Waals surface area contributed by atoms with E-state index in [1.807, 2.05) is 6.07 Å². The topological polar surface area (TPSA) is 54.9 Å². The molecule has 1 aliphatic heterocycles. The molecule has 122 valence electrons. The first-order valence-electron chi connectivity index (χ1n) is 7.80. The second-order valence-electron chi connectivity index (χ2n) is 6.17. The van der Waals surface area contributed by atoms with Crippen LogP contribution in [0.2, 0.25) is 0 Å². The maximum Gasteiger partial charge on any atom is 0.191 e. The molecule has 22 heavy (non-hydrogen) atoms. The van der Waals surface area contributed by atoms with Crippen LogP contribution in [-0.2, 0) is 11.3 Å². The molecule has 2 N–H and O–H groups in total. The van der Waals surface area contributed by atoms with Crippen molar-refractivity contribution in [1.29, 1.82) is 0 Å². The van der Waals surface area contributed by atoms with Crippen LogP contribution in [0.25, 0.3) is 0 Å². The van der Waals surface area contributed by atoms with Gasteiger partial charge in [-0.3, -0.25) is 0 Å². The van der Waals surface area contributed by atoms with Gasteiger partial charge >= 0.3 is 0 Å². The molecule has 0 aliphatic carbocycles. The van der Waals surface area contributed by atoms with E-state index in [9.17, 15) is 0 Å². The van der Waals surface area contributed by atoms with Gasteiger partial charge in [-0.25, -0.2) is 4.99 Å². The third-order valence-corrected chi connectivity index (χ3v) is 3.78. The second kappa shape index (κ2) is 7.49. The SMILES string of the molecule is CCNC(=NCc1ccc(C)cc1OC)NCC1(C)COC1. The van der Waals surface area contributed by atoms with Gasteiger partial charge in [0.15, 0.2) is 5.96 Å². The summed E-state index contributed by atoms with van der Waals surface area (Å²) in [5.41, 5.74) is 2.49. The van der Waals surface area contributed by atoms with E-state index in [-0.39, 0.29) is 5.41 Å². The highest BCUT2D eigenvalue weighted by molar-refractivity contribution is 5.79. The van der Waals surface area contributed by atoms with E-state index >= 15 is 0 Å². The highest BCUT2D eigenvalue weighted by atomic mass is 16.5. The predicted molar refractivity (Wildman–Crippen MR) is 89.5 cm³/mol. The molecule has 0 atom stereocenters. The molecule has 0 saturated carbocycles. The molecule has 1 aliphatic rings. The summed E-state index contributed by atoms with van der Waals surface area (Å²) < 4.78 is 10.7. The zero-order valence-corrected chi connectivity index (χ0v) is 14.0. The van der Waals surface area contributed by atoms with Crippen LogP contribution >= 0.6 is 0 Å². The van der Waals surface area contributed by atoms with Crippen LogP contribution in [0.3, 0.4) is 0 Å². The molecule has 5 nitrogen and oxygen atoms in total. The summed E-state index contributed by atoms with van der Waals surface area (Å²) in [5.74, 6) is 1.72. The number of hydrogen-bond donors (Lipinski definition) is 2. The van der Waals surface area contributed by atoms with Gasteiger partial charge in [-0.15, -0.1) is 0 Å². The van der Waals surface area contributed by atoms with Crippen molar-refractivity contribution >= 4 is 5.96 Å². The normalized spacial score (nSPS) is 16.8. The molecule has 1 saturated heterocycles. The lowest BCUT2D eigenvalue weighted by atomic mass is 9.89. The smallest absolute Gasteiger partial charge is 0.191 e. The lowest BCUT2D eigenvalue weighted by Crippen LogP contribution is -2.51. The number of rotatable bonds is 6. The first kappa shape index (κ1) is 16.6. The van der Waals surface area contributed by atoms with Crippen LogP contribution in [0.4, 0.5) is 0 Å². The highest BCUT2D eigenvalue weighted by Crippen LogP contribution is 2.25. The molecule has 1 aromatic rings. The standard InChI is InChI=1S/C17H27N3O2/c1-5-18-16(20-10-17(3)11-22-12-17)19-9-14-7-6-13(2)8-15(14)21-4/h6-8H,5,9-12H2,1-4H3,(H2,18,19,20). The molecule has 1 fully saturated rings. The minimum absolute atomic E-state index is 0.220. The van der Waals surface area contributed by atoms with Crippen molar-refractivity contribution in [2.24, 2.45) is 10.4 Å². The number of methoxy groups -OCH3 is 1. The largest absolute Gasteiger partial charge is 0.496 e. The third-order valence-electron chi connectivity index (χ3n) is 3.78. The van der Waals surface area contributed by atoms with Gasteiger partial charge < -0.3 is 20.1 Å². The minimum atomic E-state index is 0.220. The number of nitrogens with one attached hydrogen (secondary N) is 2. The van der Waals surface area contributed by atoms with Crippen molar-refractivity contribution < 1.29 is 9.47 Å². The summed E-state index contributed by atoms with van der Waals surface area (Å²) in [5, 5.41) is 6.68. The average molecular weight is 305 g/mol. The van der Waals surface area contributed by atoms with Crippen molar-refractivity contribution in [3.05, 3.63) is 29.3 Å². The van der Waals surface area contributed by atoms with Gasteiger partial charge in [0.1, 0.15) is 5.75 Å². The Balaban J connectivity index is 2.00. The summed E-state index contributed by atoms with van der Waals surface area (Å²) in [6, 6.07) is 6.20. The van der Waals surface area contributed by atoms with E-state index in [1.165, 1.54) is 5.56 Å². The number of aliphatic imine (C=N–C) groups is 1. The molecular weight excluding hydrogens is 278 g/mol. The molecule has 2 rings (SSSR count). The third kappa shape index (κ3) is 4.37. The van der Waals surface area contributed by atoms with Crippen LogP contribution < -0.4 is 15.4 Å². The molecule has 5 heteroatoms. The fourth-order valence-electron chi connectivity index (χ4n) is 2.34. The van der Waals surface area contributed by atoms with Crippen molar-refractivity contribution in [2.45, 2.75) is 27.3 Å². The van der Waals surface area contributed by atoms with Gasteiger partial charge in [-0.1, -0.05) is 19.1 Å². The Morgan fingerprint density at radius 3 is 2.73 bits per heavy atom. The molecule has 0 spiro atoms. The Hall–Kier alpha value is -1.75. The maximum absolute atomic E-state index is 5.43. The highest BCUT2D eigenvalue weighted by Gasteiger charge is 2.33. The summed E-state index contributed by atoms with van der Waals surface area (Å²) in [6.07, 6.45) is 0. The Morgan fingerprint density at radius 2 is 2.14 bits per heavy atom. The average Bonchev–Trinajstić information content (AvgIpc) is 2.49. The Bertz CT molecular complexity index is 525. The van der Waals surface area contributed by atoms with E-state index in [4.69, 9.17) is 9.47 Å². The van der Waals surface area contributed by atoms with E-state index in [0.717, 1.165) is 43.6 Å². The van der Waals surface area contributed by atoms with Gasteiger partial charge in [0.05, 0.1) is 26.9 Å². The van der Waals surface area contributed by atoms with E-state index in [0.29, 0.717) is 6.54 Å². The molecule has 1 heterocycles. The summed E-state index contributed by atoms with van der Waals surface area (Å²) in [4.78, 5) is 4.66. The summed E-state index contributed by atoms with van der Waals surface area (Å²) in [7, 11) is 1.70. The van der Waals surface area contributed by atoms with Crippen LogP contribution in [-0.4, -0.2) is 39.4 Å². The van der Waals surface area contributed by atoms with E-state index < -0.39 is 0 Å². The van der Waals surface area contributed by atoms with Crippen LogP contribution in [0, 0.1) is 12.3 Å². The minimum Gasteiger partial charge on any atom is -0.496 e. The quantitative estimate of drug-likeness (QED) is 0.624. The fraction of sp³-hybridized carbons (Fsp3) is 0.588. The maximum atomic E-state index is 5.43. The second-order valence-corrected chi connectivity index (χ2v) is 6.17. The first-order valence-corrected chi connectivity index (χ1v) is 7.80. The van der Waals surface area contributed by atoms with Gasteiger partial charge in [-0.2, -0.15) is 0 Å². The van der Waals surface area contributed by atoms with Crippen LogP contribution in [0.5, 0.6) is 5.75 Å². The molecule has 0 unspecified atom stereocenters. The molecule has 0 amide bonds. The summed E-state index contributed by atoms with van der Waals surface area (Å²) >= 11 is 0. The summed E-state index contributed by atoms with van der Waals surface area (Å²) in [6.45, 7) is 10.3. The van der Waals surface area contributed by atoms with Crippen molar-refractivity contribution in [3.63, 3.8) is 0 Å². The van der Waals surface area contributed by atoms with Crippen molar-refractivity contribution in [3.8, 4) is 5.75 Å². The lowest BCUT2D eigenvalue weighted by Gasteiger charge is -2.38. The Labute approximate surface area is 133 Å². The van der Waals surface area contributed by atoms with Crippen LogP contribution in [0.1, 0.15) is 25.0 Å². The van der Waals surface area contributed by atoms with Crippen LogP contribution in [0.15, 0.2) is 23.2 Å². The number of guanidine groups is 1. The first-order chi connectivity index (χ1) is 10.6. The van der Waals surface area contributed by atoms with Gasteiger partial charge in [0, 0.05) is 24.1 Å². The number of nitrogens with zero attached hydrogens (tertiary/aromatic N) is 1. The zero-order chi connectivity index (χ0) is 16.0. The van der Waals surface area contributed by atoms with Gasteiger partial charge in [0.2, 0.25) is 0 Å². The molecular formula is C17H27N3O2. The van der Waals surface area contributed by atoms with E-state index in [2.05, 4.69) is 48.5 Å². The monoisotopic (exact) mass is 305 g/mol. The van der Waals surface area contributed by atoms with Crippen molar-refractivity contribution in [1.82, 2.24) is 10.6 Å². The fourth-order valence-corrected chi connectivity index (χ4v) is 2.34. The van der Waals surface area contributed by atoms with Gasteiger partial charge in [0.25, 0.3) is 0 Å². The Kier molecular flexibility index (Phi) is 5.66. The zero-order valence-electron chi connectivity index (χ0n) is 14.0. The van der Waals surface area contributed by atoms with E-state index in [1.54, 1.807) is 7.11 Å². The molecule has 0 aromatic heterocycles. The predicted octanol–water partition coefficient (Wildman–Crippen LogP) is 2.10. The molecule has 0 bridgehead atoms. The molecule has 1 aromatic carbocycles. The number of benzene rings is 1. The number of aryl methyl sites for hydroxylation is 1. The Morgan fingerprint density at radius 1 is 1.36 bits per heavy atom. The van der Waals surface area contributed by atoms with Gasteiger partial charge in [-0.05, 0) is 25.5 Å². The number of ether oxygens (including phenoxy) is 2.